The monoisotopic (exact) mass is 320 g/mol. The average molecular weight is 320 g/mol. The smallest absolute Gasteiger partial charge is 0.222 e. The highest BCUT2D eigenvalue weighted by atomic mass is 16.3. The number of rotatable bonds is 5. The maximum Gasteiger partial charge on any atom is 0.222 e. The minimum atomic E-state index is 0.0635. The van der Waals surface area contributed by atoms with Gasteiger partial charge in [0.1, 0.15) is 0 Å². The van der Waals surface area contributed by atoms with Gasteiger partial charge in [-0.25, -0.2) is 0 Å². The van der Waals surface area contributed by atoms with Crippen molar-refractivity contribution < 1.29 is 9.90 Å². The average Bonchev–Trinajstić information content (AvgIpc) is 3.01. The van der Waals surface area contributed by atoms with E-state index in [1.807, 2.05) is 15.8 Å². The zero-order valence-corrected chi connectivity index (χ0v) is 14.1. The van der Waals surface area contributed by atoms with Gasteiger partial charge < -0.3 is 10.0 Å². The topological polar surface area (TPSA) is 61.6 Å². The van der Waals surface area contributed by atoms with Crippen LogP contribution in [0.3, 0.4) is 0 Å². The van der Waals surface area contributed by atoms with E-state index >= 15 is 0 Å². The lowest BCUT2D eigenvalue weighted by Crippen LogP contribution is -2.51. The number of likely N-dealkylation sites (tertiary alicyclic amines) is 2. The predicted octanol–water partition coefficient (Wildman–Crippen LogP) is 1.10. The van der Waals surface area contributed by atoms with Crippen molar-refractivity contribution in [1.29, 1.82) is 0 Å². The standard InChI is InChI=1S/C17H28N4O2/c1-2-21-8-4-15(18-21)13-19-9-6-17(7-10-19)5-3-16(23)20(14-17)11-12-22/h4,8,22H,2-3,5-7,9-14H2,1H3. The van der Waals surface area contributed by atoms with Crippen LogP contribution in [0.2, 0.25) is 0 Å². The van der Waals surface area contributed by atoms with Gasteiger partial charge in [-0.15, -0.1) is 0 Å². The van der Waals surface area contributed by atoms with E-state index in [0.29, 0.717) is 13.0 Å². The van der Waals surface area contributed by atoms with Crippen LogP contribution in [0.1, 0.15) is 38.3 Å². The lowest BCUT2D eigenvalue weighted by Gasteiger charge is -2.47. The van der Waals surface area contributed by atoms with Crippen molar-refractivity contribution >= 4 is 5.91 Å². The van der Waals surface area contributed by atoms with Crippen molar-refractivity contribution in [2.24, 2.45) is 5.41 Å². The third-order valence-corrected chi connectivity index (χ3v) is 5.44. The molecule has 0 aromatic carbocycles. The van der Waals surface area contributed by atoms with Crippen LogP contribution in [0.25, 0.3) is 0 Å². The number of hydrogen-bond acceptors (Lipinski definition) is 4. The Kier molecular flexibility index (Phi) is 5.02. The van der Waals surface area contributed by atoms with E-state index in [1.165, 1.54) is 0 Å². The molecule has 1 amide bonds. The Morgan fingerprint density at radius 3 is 2.74 bits per heavy atom. The molecule has 2 saturated heterocycles. The summed E-state index contributed by atoms with van der Waals surface area (Å²) in [6.45, 7) is 7.45. The zero-order chi connectivity index (χ0) is 16.3. The number of β-amino-alcohol motifs (C(OH)–C–C–N with tert-alkyl or cyclic N) is 1. The summed E-state index contributed by atoms with van der Waals surface area (Å²) in [5, 5.41) is 13.7. The lowest BCUT2D eigenvalue weighted by molar-refractivity contribution is -0.139. The molecule has 0 bridgehead atoms. The van der Waals surface area contributed by atoms with Gasteiger partial charge in [-0.1, -0.05) is 0 Å². The summed E-state index contributed by atoms with van der Waals surface area (Å²) in [5.41, 5.74) is 1.41. The number of hydrogen-bond donors (Lipinski definition) is 1. The normalized spacial score (nSPS) is 22.0. The van der Waals surface area contributed by atoms with Gasteiger partial charge in [0.15, 0.2) is 0 Å². The molecule has 128 valence electrons. The molecule has 1 aromatic rings. The van der Waals surface area contributed by atoms with Gasteiger partial charge in [0.25, 0.3) is 0 Å². The molecule has 6 nitrogen and oxygen atoms in total. The van der Waals surface area contributed by atoms with Crippen LogP contribution in [0.15, 0.2) is 12.3 Å². The van der Waals surface area contributed by atoms with Crippen molar-refractivity contribution in [3.63, 3.8) is 0 Å². The highest BCUT2D eigenvalue weighted by Crippen LogP contribution is 2.40. The molecule has 2 aliphatic heterocycles. The van der Waals surface area contributed by atoms with Crippen molar-refractivity contribution in [2.75, 3.05) is 32.8 Å². The van der Waals surface area contributed by atoms with Gasteiger partial charge in [0.05, 0.1) is 12.3 Å². The van der Waals surface area contributed by atoms with E-state index in [1.54, 1.807) is 0 Å². The second kappa shape index (κ2) is 7.01. The minimum Gasteiger partial charge on any atom is -0.395 e. The first-order chi connectivity index (χ1) is 11.1. The quantitative estimate of drug-likeness (QED) is 0.882. The third-order valence-electron chi connectivity index (χ3n) is 5.44. The zero-order valence-electron chi connectivity index (χ0n) is 14.1. The van der Waals surface area contributed by atoms with Gasteiger partial charge >= 0.3 is 0 Å². The van der Waals surface area contributed by atoms with E-state index < -0.39 is 0 Å². The molecule has 3 heterocycles. The molecule has 2 aliphatic rings. The molecule has 0 unspecified atom stereocenters. The van der Waals surface area contributed by atoms with Crippen LogP contribution >= 0.6 is 0 Å². The molecule has 0 radical (unpaired) electrons. The van der Waals surface area contributed by atoms with Crippen molar-refractivity contribution in [3.05, 3.63) is 18.0 Å². The molecule has 6 heteroatoms. The maximum absolute atomic E-state index is 11.9. The first-order valence-corrected chi connectivity index (χ1v) is 8.77. The number of nitrogens with zero attached hydrogens (tertiary/aromatic N) is 4. The van der Waals surface area contributed by atoms with Crippen molar-refractivity contribution in [1.82, 2.24) is 19.6 Å². The number of amides is 1. The van der Waals surface area contributed by atoms with Crippen molar-refractivity contribution in [3.8, 4) is 0 Å². The summed E-state index contributed by atoms with van der Waals surface area (Å²) in [7, 11) is 0. The highest BCUT2D eigenvalue weighted by molar-refractivity contribution is 5.77. The summed E-state index contributed by atoms with van der Waals surface area (Å²) in [6.07, 6.45) is 5.96. The number of carbonyl (C=O) groups excluding carboxylic acids is 1. The molecule has 1 spiro atoms. The van der Waals surface area contributed by atoms with Crippen LogP contribution < -0.4 is 0 Å². The highest BCUT2D eigenvalue weighted by Gasteiger charge is 2.40. The first kappa shape index (κ1) is 16.5. The van der Waals surface area contributed by atoms with E-state index in [9.17, 15) is 4.79 Å². The number of aryl methyl sites for hydroxylation is 1. The first-order valence-electron chi connectivity index (χ1n) is 8.77. The fourth-order valence-corrected chi connectivity index (χ4v) is 3.91. The van der Waals surface area contributed by atoms with Crippen LogP contribution in [0.5, 0.6) is 0 Å². The Morgan fingerprint density at radius 1 is 1.30 bits per heavy atom. The van der Waals surface area contributed by atoms with Gasteiger partial charge in [-0.05, 0) is 50.8 Å². The second-order valence-corrected chi connectivity index (χ2v) is 6.98. The number of aromatic nitrogens is 2. The van der Waals surface area contributed by atoms with Gasteiger partial charge in [0, 0.05) is 38.8 Å². The summed E-state index contributed by atoms with van der Waals surface area (Å²) < 4.78 is 1.97. The third kappa shape index (κ3) is 3.75. The molecule has 23 heavy (non-hydrogen) atoms. The fourth-order valence-electron chi connectivity index (χ4n) is 3.91. The fraction of sp³-hybridized carbons (Fsp3) is 0.765. The van der Waals surface area contributed by atoms with Crippen molar-refractivity contribution in [2.45, 2.75) is 45.7 Å². The second-order valence-electron chi connectivity index (χ2n) is 6.98. The van der Waals surface area contributed by atoms with Crippen LogP contribution in [-0.4, -0.2) is 63.4 Å². The number of aliphatic hydroxyl groups excluding tert-OH is 1. The summed E-state index contributed by atoms with van der Waals surface area (Å²) in [4.78, 5) is 16.3. The van der Waals surface area contributed by atoms with Gasteiger partial charge in [-0.2, -0.15) is 5.10 Å². The molecular formula is C17H28N4O2. The Hall–Kier alpha value is -1.40. The lowest BCUT2D eigenvalue weighted by atomic mass is 9.72. The molecule has 0 saturated carbocycles. The maximum atomic E-state index is 11.9. The predicted molar refractivity (Wildman–Crippen MR) is 87.7 cm³/mol. The Morgan fingerprint density at radius 2 is 2.09 bits per heavy atom. The number of aliphatic hydroxyl groups is 1. The van der Waals surface area contributed by atoms with Crippen LogP contribution in [-0.2, 0) is 17.9 Å². The van der Waals surface area contributed by atoms with Gasteiger partial charge in [0.2, 0.25) is 5.91 Å². The summed E-state index contributed by atoms with van der Waals surface area (Å²) in [5.74, 6) is 0.206. The van der Waals surface area contributed by atoms with Crippen LogP contribution in [0, 0.1) is 5.41 Å². The van der Waals surface area contributed by atoms with Crippen LogP contribution in [0.4, 0.5) is 0 Å². The number of piperidine rings is 2. The Bertz CT molecular complexity index is 534. The number of carbonyl (C=O) groups is 1. The summed E-state index contributed by atoms with van der Waals surface area (Å²) in [6, 6.07) is 2.11. The SMILES string of the molecule is CCn1ccc(CN2CCC3(CCC(=O)N(CCO)C3)CC2)n1. The molecule has 3 rings (SSSR count). The Labute approximate surface area is 138 Å². The minimum absolute atomic E-state index is 0.0635. The molecule has 1 aromatic heterocycles. The van der Waals surface area contributed by atoms with E-state index in [0.717, 1.165) is 57.7 Å². The molecule has 0 atom stereocenters. The van der Waals surface area contributed by atoms with E-state index in [4.69, 9.17) is 5.11 Å². The van der Waals surface area contributed by atoms with E-state index in [-0.39, 0.29) is 17.9 Å². The molecule has 2 fully saturated rings. The van der Waals surface area contributed by atoms with Gasteiger partial charge in [-0.3, -0.25) is 14.4 Å². The van der Waals surface area contributed by atoms with E-state index in [2.05, 4.69) is 23.0 Å². The molecule has 1 N–H and O–H groups in total. The Balaban J connectivity index is 1.54. The largest absolute Gasteiger partial charge is 0.395 e. The molecular weight excluding hydrogens is 292 g/mol. The summed E-state index contributed by atoms with van der Waals surface area (Å²) >= 11 is 0. The molecule has 0 aliphatic carbocycles.